The number of aryl methyl sites for hydroxylation is 1. The number of benzene rings is 2. The van der Waals surface area contributed by atoms with E-state index in [0.29, 0.717) is 16.7 Å². The average Bonchev–Trinajstić information content (AvgIpc) is 2.47. The van der Waals surface area contributed by atoms with Crippen molar-refractivity contribution in [1.82, 2.24) is 0 Å². The van der Waals surface area contributed by atoms with Crippen molar-refractivity contribution in [2.24, 2.45) is 0 Å². The number of carboxylic acid groups (broad SMARTS) is 1. The van der Waals surface area contributed by atoms with Gasteiger partial charge in [0.1, 0.15) is 11.3 Å². The molecule has 0 spiro atoms. The van der Waals surface area contributed by atoms with Crippen molar-refractivity contribution in [1.29, 1.82) is 0 Å². The highest BCUT2D eigenvalue weighted by molar-refractivity contribution is 7.85. The van der Waals surface area contributed by atoms with Crippen LogP contribution in [0.3, 0.4) is 0 Å². The molecule has 0 atom stereocenters. The molecule has 120 valence electrons. The first-order chi connectivity index (χ1) is 10.7. The minimum absolute atomic E-state index is 0.189. The molecular weight excluding hydrogens is 320 g/mol. The molecule has 0 heterocycles. The lowest BCUT2D eigenvalue weighted by Crippen LogP contribution is -1.98. The van der Waals surface area contributed by atoms with Crippen LogP contribution in [0.1, 0.15) is 27.0 Å². The van der Waals surface area contributed by atoms with Crippen LogP contribution in [0.25, 0.3) is 12.2 Å². The molecule has 0 saturated heterocycles. The van der Waals surface area contributed by atoms with Crippen molar-refractivity contribution in [3.63, 3.8) is 0 Å². The summed E-state index contributed by atoms with van der Waals surface area (Å²) in [5.41, 5.74) is 1.49. The molecule has 0 saturated carbocycles. The van der Waals surface area contributed by atoms with Gasteiger partial charge in [-0.1, -0.05) is 24.3 Å². The van der Waals surface area contributed by atoms with E-state index in [0.717, 1.165) is 0 Å². The molecular formula is C16H14O6S. The fourth-order valence-corrected chi connectivity index (χ4v) is 2.49. The third-order valence-electron chi connectivity index (χ3n) is 3.20. The average molecular weight is 334 g/mol. The normalized spacial score (nSPS) is 11.7. The van der Waals surface area contributed by atoms with E-state index in [2.05, 4.69) is 0 Å². The lowest BCUT2D eigenvalue weighted by molar-refractivity contribution is 0.0693. The van der Waals surface area contributed by atoms with E-state index in [1.165, 1.54) is 30.3 Å². The summed E-state index contributed by atoms with van der Waals surface area (Å²) in [6, 6.07) is 8.51. The number of aromatic carboxylic acids is 1. The Kier molecular flexibility index (Phi) is 4.53. The van der Waals surface area contributed by atoms with E-state index in [-0.39, 0.29) is 16.2 Å². The Morgan fingerprint density at radius 1 is 1.04 bits per heavy atom. The molecule has 2 aromatic rings. The summed E-state index contributed by atoms with van der Waals surface area (Å²) < 4.78 is 30.8. The maximum Gasteiger partial charge on any atom is 0.339 e. The van der Waals surface area contributed by atoms with Gasteiger partial charge in [0, 0.05) is 0 Å². The Morgan fingerprint density at radius 3 is 2.13 bits per heavy atom. The Morgan fingerprint density at radius 2 is 1.61 bits per heavy atom. The molecule has 7 heteroatoms. The van der Waals surface area contributed by atoms with Crippen LogP contribution in [0, 0.1) is 6.92 Å². The number of hydrogen-bond donors (Lipinski definition) is 3. The van der Waals surface area contributed by atoms with Gasteiger partial charge in [-0.2, -0.15) is 8.42 Å². The van der Waals surface area contributed by atoms with Gasteiger partial charge in [-0.3, -0.25) is 4.55 Å². The molecule has 0 bridgehead atoms. The molecule has 0 unspecified atom stereocenters. The molecule has 23 heavy (non-hydrogen) atoms. The smallest absolute Gasteiger partial charge is 0.339 e. The van der Waals surface area contributed by atoms with Crippen molar-refractivity contribution in [3.05, 3.63) is 58.7 Å². The lowest BCUT2D eigenvalue weighted by Gasteiger charge is -2.05. The van der Waals surface area contributed by atoms with Crippen molar-refractivity contribution in [3.8, 4) is 5.75 Å². The van der Waals surface area contributed by atoms with Crippen LogP contribution < -0.4 is 0 Å². The van der Waals surface area contributed by atoms with Gasteiger partial charge in [0.05, 0.1) is 4.90 Å². The Bertz CT molecular complexity index is 880. The molecule has 0 aromatic heterocycles. The highest BCUT2D eigenvalue weighted by Gasteiger charge is 2.12. The van der Waals surface area contributed by atoms with Crippen LogP contribution in [-0.2, 0) is 10.1 Å². The van der Waals surface area contributed by atoms with Crippen molar-refractivity contribution in [2.75, 3.05) is 0 Å². The molecule has 2 rings (SSSR count). The van der Waals surface area contributed by atoms with Crippen molar-refractivity contribution >= 4 is 28.2 Å². The SMILES string of the molecule is Cc1cc(C=Cc2ccc(S(=O)(=O)O)cc2)cc(C(=O)O)c1O. The fraction of sp³-hybridized carbons (Fsp3) is 0.0625. The molecule has 2 aromatic carbocycles. The van der Waals surface area contributed by atoms with Gasteiger partial charge in [0.25, 0.3) is 10.1 Å². The Balaban J connectivity index is 2.32. The van der Waals surface area contributed by atoms with Gasteiger partial charge in [-0.05, 0) is 47.9 Å². The van der Waals surface area contributed by atoms with E-state index >= 15 is 0 Å². The quantitative estimate of drug-likeness (QED) is 0.585. The van der Waals surface area contributed by atoms with E-state index in [1.807, 2.05) is 0 Å². The number of rotatable bonds is 4. The summed E-state index contributed by atoms with van der Waals surface area (Å²) >= 11 is 0. The van der Waals surface area contributed by atoms with Crippen LogP contribution in [0.4, 0.5) is 0 Å². The summed E-state index contributed by atoms with van der Waals surface area (Å²) in [4.78, 5) is 10.9. The predicted molar refractivity (Wildman–Crippen MR) is 85.0 cm³/mol. The summed E-state index contributed by atoms with van der Waals surface area (Å²) in [5, 5.41) is 18.7. The van der Waals surface area contributed by atoms with E-state index in [1.54, 1.807) is 25.1 Å². The summed E-state index contributed by atoms with van der Waals surface area (Å²) in [6.07, 6.45) is 3.30. The maximum absolute atomic E-state index is 11.1. The van der Waals surface area contributed by atoms with E-state index in [4.69, 9.17) is 9.66 Å². The van der Waals surface area contributed by atoms with Crippen LogP contribution in [0.15, 0.2) is 41.3 Å². The number of carboxylic acids is 1. The van der Waals surface area contributed by atoms with Crippen LogP contribution in [-0.4, -0.2) is 29.2 Å². The van der Waals surface area contributed by atoms with Crippen molar-refractivity contribution in [2.45, 2.75) is 11.8 Å². The number of carbonyl (C=O) groups is 1. The zero-order valence-corrected chi connectivity index (χ0v) is 12.9. The second-order valence-electron chi connectivity index (χ2n) is 4.92. The van der Waals surface area contributed by atoms with Gasteiger partial charge in [0.15, 0.2) is 0 Å². The summed E-state index contributed by atoms with van der Waals surface area (Å²) in [7, 11) is -4.23. The predicted octanol–water partition coefficient (Wildman–Crippen LogP) is 2.82. The van der Waals surface area contributed by atoms with E-state index < -0.39 is 16.1 Å². The molecule has 3 N–H and O–H groups in total. The Hall–Kier alpha value is -2.64. The highest BCUT2D eigenvalue weighted by atomic mass is 32.2. The third-order valence-corrected chi connectivity index (χ3v) is 4.07. The molecule has 0 aliphatic rings. The minimum Gasteiger partial charge on any atom is -0.507 e. The standard InChI is InChI=1S/C16H14O6S/c1-10-8-12(9-14(15(10)17)16(18)19)3-2-11-4-6-13(7-5-11)23(20,21)22/h2-9,17H,1H3,(H,18,19)(H,20,21,22). The summed E-state index contributed by atoms with van der Waals surface area (Å²) in [6.45, 7) is 1.60. The van der Waals surface area contributed by atoms with Gasteiger partial charge in [0.2, 0.25) is 0 Å². The van der Waals surface area contributed by atoms with Gasteiger partial charge < -0.3 is 10.2 Å². The monoisotopic (exact) mass is 334 g/mol. The molecule has 6 nitrogen and oxygen atoms in total. The summed E-state index contributed by atoms with van der Waals surface area (Å²) in [5.74, 6) is -1.49. The van der Waals surface area contributed by atoms with Crippen LogP contribution in [0.5, 0.6) is 5.75 Å². The zero-order valence-electron chi connectivity index (χ0n) is 12.1. The van der Waals surface area contributed by atoms with Crippen LogP contribution >= 0.6 is 0 Å². The van der Waals surface area contributed by atoms with E-state index in [9.17, 15) is 18.3 Å². The first-order valence-electron chi connectivity index (χ1n) is 6.51. The topological polar surface area (TPSA) is 112 Å². The second kappa shape index (κ2) is 6.23. The highest BCUT2D eigenvalue weighted by Crippen LogP contribution is 2.25. The fourth-order valence-electron chi connectivity index (χ4n) is 2.01. The maximum atomic E-state index is 11.1. The molecule has 0 aliphatic carbocycles. The minimum atomic E-state index is -4.23. The molecule has 0 amide bonds. The zero-order chi connectivity index (χ0) is 17.2. The Labute approximate surface area is 133 Å². The largest absolute Gasteiger partial charge is 0.507 e. The first kappa shape index (κ1) is 16.7. The van der Waals surface area contributed by atoms with Crippen molar-refractivity contribution < 1.29 is 28.0 Å². The van der Waals surface area contributed by atoms with Crippen LogP contribution in [0.2, 0.25) is 0 Å². The number of phenols is 1. The van der Waals surface area contributed by atoms with Gasteiger partial charge >= 0.3 is 5.97 Å². The molecule has 0 aliphatic heterocycles. The lowest BCUT2D eigenvalue weighted by atomic mass is 10.0. The molecule has 0 radical (unpaired) electrons. The number of aromatic hydroxyl groups is 1. The first-order valence-corrected chi connectivity index (χ1v) is 7.95. The molecule has 0 fully saturated rings. The third kappa shape index (κ3) is 3.97. The van der Waals surface area contributed by atoms with Gasteiger partial charge in [-0.25, -0.2) is 4.79 Å². The number of hydrogen-bond acceptors (Lipinski definition) is 4. The second-order valence-corrected chi connectivity index (χ2v) is 6.34. The van der Waals surface area contributed by atoms with Gasteiger partial charge in [-0.15, -0.1) is 0 Å².